The number of hydrogen-bond donors (Lipinski definition) is 1. The molecule has 1 fully saturated rings. The summed E-state index contributed by atoms with van der Waals surface area (Å²) in [5, 5.41) is 3.43. The minimum atomic E-state index is -0.724. The van der Waals surface area contributed by atoms with Crippen molar-refractivity contribution in [1.29, 1.82) is 0 Å². The van der Waals surface area contributed by atoms with E-state index in [1.165, 1.54) is 0 Å². The summed E-state index contributed by atoms with van der Waals surface area (Å²) < 4.78 is 17.3. The van der Waals surface area contributed by atoms with E-state index in [2.05, 4.69) is 12.2 Å². The highest BCUT2D eigenvalue weighted by atomic mass is 32.2. The van der Waals surface area contributed by atoms with Crippen LogP contribution in [-0.2, 0) is 15.5 Å². The predicted molar refractivity (Wildman–Crippen MR) is 60.0 cm³/mol. The molecule has 0 amide bonds. The van der Waals surface area contributed by atoms with Crippen LogP contribution < -0.4 is 5.32 Å². The van der Waals surface area contributed by atoms with E-state index < -0.39 is 10.8 Å². The summed E-state index contributed by atoms with van der Waals surface area (Å²) in [5.74, 6) is 0.822. The van der Waals surface area contributed by atoms with Crippen LogP contribution in [-0.4, -0.2) is 41.5 Å². The van der Waals surface area contributed by atoms with Crippen LogP contribution in [0.25, 0.3) is 0 Å². The number of ether oxygens (including phenoxy) is 1. The van der Waals surface area contributed by atoms with Gasteiger partial charge in [0.1, 0.15) is 0 Å². The highest BCUT2D eigenvalue weighted by molar-refractivity contribution is 7.85. The van der Waals surface area contributed by atoms with E-state index in [9.17, 15) is 4.21 Å². The maximum atomic E-state index is 11.9. The molecule has 0 spiro atoms. The number of rotatable bonds is 5. The fourth-order valence-corrected chi connectivity index (χ4v) is 3.50. The second-order valence-electron chi connectivity index (χ2n) is 3.74. The van der Waals surface area contributed by atoms with Crippen LogP contribution in [0.4, 0.5) is 0 Å². The predicted octanol–water partition coefficient (Wildman–Crippen LogP) is 0.912. The Hall–Kier alpha value is 0.0700. The SMILES string of the molecule is CCCCS(=O)C1COCCC1NC. The van der Waals surface area contributed by atoms with E-state index in [1.807, 2.05) is 7.05 Å². The molecule has 3 nitrogen and oxygen atoms in total. The minimum Gasteiger partial charge on any atom is -0.380 e. The third kappa shape index (κ3) is 3.33. The molecular formula is C10H21NO2S. The largest absolute Gasteiger partial charge is 0.380 e. The van der Waals surface area contributed by atoms with Crippen LogP contribution in [0.2, 0.25) is 0 Å². The van der Waals surface area contributed by atoms with Gasteiger partial charge in [0.15, 0.2) is 0 Å². The minimum absolute atomic E-state index is 0.195. The average Bonchev–Trinajstić information content (AvgIpc) is 2.25. The molecule has 84 valence electrons. The van der Waals surface area contributed by atoms with Gasteiger partial charge in [0.05, 0.1) is 11.9 Å². The zero-order chi connectivity index (χ0) is 10.4. The fourth-order valence-electron chi connectivity index (χ4n) is 1.74. The molecular weight excluding hydrogens is 198 g/mol. The van der Waals surface area contributed by atoms with Crippen molar-refractivity contribution in [1.82, 2.24) is 5.32 Å². The Kier molecular flexibility index (Phi) is 5.67. The summed E-state index contributed by atoms with van der Waals surface area (Å²) in [6.45, 7) is 3.58. The van der Waals surface area contributed by atoms with Crippen molar-refractivity contribution in [2.75, 3.05) is 26.0 Å². The van der Waals surface area contributed by atoms with Crippen molar-refractivity contribution in [2.45, 2.75) is 37.5 Å². The lowest BCUT2D eigenvalue weighted by molar-refractivity contribution is 0.0838. The molecule has 0 aromatic heterocycles. The molecule has 0 aromatic carbocycles. The first-order valence-electron chi connectivity index (χ1n) is 5.41. The van der Waals surface area contributed by atoms with Crippen LogP contribution in [0.5, 0.6) is 0 Å². The van der Waals surface area contributed by atoms with Gasteiger partial charge in [-0.15, -0.1) is 0 Å². The zero-order valence-electron chi connectivity index (χ0n) is 9.12. The smallest absolute Gasteiger partial charge is 0.0735 e. The molecule has 3 atom stereocenters. The number of hydrogen-bond acceptors (Lipinski definition) is 3. The van der Waals surface area contributed by atoms with Crippen LogP contribution in [0.1, 0.15) is 26.2 Å². The molecule has 14 heavy (non-hydrogen) atoms. The normalized spacial score (nSPS) is 30.1. The van der Waals surface area contributed by atoms with E-state index in [0.717, 1.165) is 31.6 Å². The van der Waals surface area contributed by atoms with Gasteiger partial charge in [-0.05, 0) is 19.9 Å². The van der Waals surface area contributed by atoms with E-state index >= 15 is 0 Å². The third-order valence-corrected chi connectivity index (χ3v) is 4.54. The number of unbranched alkanes of at least 4 members (excludes halogenated alkanes) is 1. The van der Waals surface area contributed by atoms with Crippen LogP contribution in [0.3, 0.4) is 0 Å². The Morgan fingerprint density at radius 3 is 3.00 bits per heavy atom. The Balaban J connectivity index is 2.41. The quantitative estimate of drug-likeness (QED) is 0.747. The highest BCUT2D eigenvalue weighted by Gasteiger charge is 2.28. The zero-order valence-corrected chi connectivity index (χ0v) is 9.94. The average molecular weight is 219 g/mol. The van der Waals surface area contributed by atoms with E-state index in [4.69, 9.17) is 4.74 Å². The van der Waals surface area contributed by atoms with Crippen molar-refractivity contribution in [3.63, 3.8) is 0 Å². The number of nitrogens with one attached hydrogen (secondary N) is 1. The van der Waals surface area contributed by atoms with Gasteiger partial charge in [0, 0.05) is 29.2 Å². The van der Waals surface area contributed by atoms with Crippen LogP contribution >= 0.6 is 0 Å². The van der Waals surface area contributed by atoms with Gasteiger partial charge in [-0.25, -0.2) is 0 Å². The monoisotopic (exact) mass is 219 g/mol. The molecule has 1 rings (SSSR count). The van der Waals surface area contributed by atoms with Crippen molar-refractivity contribution >= 4 is 10.8 Å². The summed E-state index contributed by atoms with van der Waals surface area (Å²) in [6.07, 6.45) is 3.15. The molecule has 0 aliphatic carbocycles. The van der Waals surface area contributed by atoms with Crippen molar-refractivity contribution in [3.8, 4) is 0 Å². The molecule has 1 aliphatic heterocycles. The van der Waals surface area contributed by atoms with Gasteiger partial charge in [-0.3, -0.25) is 4.21 Å². The fraction of sp³-hybridized carbons (Fsp3) is 1.00. The summed E-state index contributed by atoms with van der Waals surface area (Å²) in [6, 6.07) is 0.376. The van der Waals surface area contributed by atoms with Gasteiger partial charge >= 0.3 is 0 Å². The Bertz CT molecular complexity index is 187. The Morgan fingerprint density at radius 1 is 1.57 bits per heavy atom. The lowest BCUT2D eigenvalue weighted by Crippen LogP contribution is -2.47. The standard InChI is InChI=1S/C10H21NO2S/c1-3-4-7-14(12)10-8-13-6-5-9(10)11-2/h9-11H,3-8H2,1-2H3. The van der Waals surface area contributed by atoms with Gasteiger partial charge in [-0.1, -0.05) is 13.3 Å². The van der Waals surface area contributed by atoms with Crippen molar-refractivity contribution in [3.05, 3.63) is 0 Å². The first-order chi connectivity index (χ1) is 6.79. The van der Waals surface area contributed by atoms with E-state index in [1.54, 1.807) is 0 Å². The van der Waals surface area contributed by atoms with E-state index in [0.29, 0.717) is 12.6 Å². The van der Waals surface area contributed by atoms with Gasteiger partial charge in [0.25, 0.3) is 0 Å². The molecule has 1 heterocycles. The highest BCUT2D eigenvalue weighted by Crippen LogP contribution is 2.14. The first kappa shape index (κ1) is 12.1. The Morgan fingerprint density at radius 2 is 2.36 bits per heavy atom. The molecule has 0 aromatic rings. The lowest BCUT2D eigenvalue weighted by atomic mass is 10.1. The van der Waals surface area contributed by atoms with Crippen molar-refractivity contribution in [2.24, 2.45) is 0 Å². The topological polar surface area (TPSA) is 38.3 Å². The lowest BCUT2D eigenvalue weighted by Gasteiger charge is -2.30. The van der Waals surface area contributed by atoms with Gasteiger partial charge < -0.3 is 10.1 Å². The Labute approximate surface area is 89.1 Å². The molecule has 1 aliphatic rings. The summed E-state index contributed by atoms with van der Waals surface area (Å²) >= 11 is 0. The second-order valence-corrected chi connectivity index (χ2v) is 5.51. The van der Waals surface area contributed by atoms with E-state index in [-0.39, 0.29) is 5.25 Å². The molecule has 0 radical (unpaired) electrons. The first-order valence-corrected chi connectivity index (χ1v) is 6.80. The molecule has 1 N–H and O–H groups in total. The molecule has 0 saturated carbocycles. The summed E-state index contributed by atoms with van der Waals surface area (Å²) in [5.41, 5.74) is 0. The van der Waals surface area contributed by atoms with Gasteiger partial charge in [0.2, 0.25) is 0 Å². The summed E-state index contributed by atoms with van der Waals surface area (Å²) in [4.78, 5) is 0. The van der Waals surface area contributed by atoms with Crippen LogP contribution in [0.15, 0.2) is 0 Å². The second kappa shape index (κ2) is 6.53. The maximum Gasteiger partial charge on any atom is 0.0735 e. The van der Waals surface area contributed by atoms with Crippen molar-refractivity contribution < 1.29 is 8.95 Å². The molecule has 4 heteroatoms. The maximum absolute atomic E-state index is 11.9. The molecule has 1 saturated heterocycles. The third-order valence-electron chi connectivity index (χ3n) is 2.71. The summed E-state index contributed by atoms with van der Waals surface area (Å²) in [7, 11) is 1.22. The van der Waals surface area contributed by atoms with Gasteiger partial charge in [-0.2, -0.15) is 0 Å². The van der Waals surface area contributed by atoms with Crippen LogP contribution in [0, 0.1) is 0 Å². The molecule has 3 unspecified atom stereocenters. The molecule has 0 bridgehead atoms.